The van der Waals surface area contributed by atoms with Crippen molar-refractivity contribution in [2.45, 2.75) is 18.7 Å². The molecule has 1 unspecified atom stereocenters. The zero-order chi connectivity index (χ0) is 15.0. The van der Waals surface area contributed by atoms with E-state index in [1.165, 1.54) is 10.8 Å². The predicted octanol–water partition coefficient (Wildman–Crippen LogP) is 1.33. The number of alkyl halides is 3. The summed E-state index contributed by atoms with van der Waals surface area (Å²) in [6, 6.07) is 6.18. The second kappa shape index (κ2) is 5.23. The van der Waals surface area contributed by atoms with E-state index in [4.69, 9.17) is 0 Å². The topological polar surface area (TPSA) is 69.6 Å². The van der Waals surface area contributed by atoms with Crippen LogP contribution in [0.2, 0.25) is 0 Å². The molecule has 112 valence electrons. The van der Waals surface area contributed by atoms with Crippen molar-refractivity contribution in [3.8, 4) is 0 Å². The number of para-hydroxylation sites is 1. The van der Waals surface area contributed by atoms with E-state index < -0.39 is 29.0 Å². The minimum absolute atomic E-state index is 0.0780. The summed E-state index contributed by atoms with van der Waals surface area (Å²) in [7, 11) is -4.30. The largest absolute Gasteiger partial charge is 0.402 e. The van der Waals surface area contributed by atoms with Crippen molar-refractivity contribution in [1.82, 2.24) is 4.72 Å². The number of hydrogen-bond donors (Lipinski definition) is 2. The molecule has 1 aromatic rings. The number of aliphatic hydroxyl groups excluding tert-OH is 1. The first-order valence-electron chi connectivity index (χ1n) is 5.82. The van der Waals surface area contributed by atoms with Gasteiger partial charge in [0.25, 0.3) is 0 Å². The normalized spacial score (nSPS) is 19.8. The number of nitrogens with one attached hydrogen (secondary N) is 1. The van der Waals surface area contributed by atoms with Gasteiger partial charge in [0, 0.05) is 12.1 Å². The van der Waals surface area contributed by atoms with Gasteiger partial charge in [-0.1, -0.05) is 18.2 Å². The Morgan fingerprint density at radius 1 is 1.35 bits per heavy atom. The van der Waals surface area contributed by atoms with Gasteiger partial charge in [0.05, 0.1) is 11.8 Å². The summed E-state index contributed by atoms with van der Waals surface area (Å²) in [5, 5.41) is 9.78. The van der Waals surface area contributed by atoms with Gasteiger partial charge in [-0.2, -0.15) is 26.3 Å². The number of aliphatic hydroxyl groups is 1. The van der Waals surface area contributed by atoms with E-state index >= 15 is 0 Å². The van der Waals surface area contributed by atoms with Gasteiger partial charge in [-0.05, 0) is 12.5 Å². The molecule has 20 heavy (non-hydrogen) atoms. The Hall–Kier alpha value is -1.32. The fourth-order valence-corrected chi connectivity index (χ4v) is 3.29. The molecule has 0 amide bonds. The summed E-state index contributed by atoms with van der Waals surface area (Å²) in [4.78, 5) is 0. The summed E-state index contributed by atoms with van der Waals surface area (Å²) in [6.45, 7) is -1.71. The van der Waals surface area contributed by atoms with E-state index in [-0.39, 0.29) is 18.7 Å². The summed E-state index contributed by atoms with van der Waals surface area (Å²) in [6.07, 6.45) is -5.31. The average molecular weight is 310 g/mol. The first-order chi connectivity index (χ1) is 9.21. The molecule has 1 heterocycles. The molecule has 0 fully saturated rings. The number of benzene rings is 1. The van der Waals surface area contributed by atoms with Crippen LogP contribution in [-0.4, -0.2) is 32.8 Å². The Labute approximate surface area is 114 Å². The smallest absolute Gasteiger partial charge is 0.388 e. The summed E-state index contributed by atoms with van der Waals surface area (Å²) in [5.41, 5.74) is 0.581. The van der Waals surface area contributed by atoms with Gasteiger partial charge in [0.2, 0.25) is 0 Å². The molecule has 0 saturated carbocycles. The lowest BCUT2D eigenvalue weighted by Crippen LogP contribution is -2.46. The van der Waals surface area contributed by atoms with Crippen LogP contribution in [0.1, 0.15) is 18.1 Å². The van der Waals surface area contributed by atoms with Crippen molar-refractivity contribution in [3.05, 3.63) is 29.8 Å². The summed E-state index contributed by atoms with van der Waals surface area (Å²) >= 11 is 0. The van der Waals surface area contributed by atoms with Crippen LogP contribution >= 0.6 is 0 Å². The molecule has 1 atom stereocenters. The average Bonchev–Trinajstić information content (AvgIpc) is 2.36. The van der Waals surface area contributed by atoms with E-state index in [9.17, 15) is 26.7 Å². The van der Waals surface area contributed by atoms with Crippen molar-refractivity contribution < 1.29 is 26.7 Å². The molecule has 0 bridgehead atoms. The van der Waals surface area contributed by atoms with E-state index in [1.807, 2.05) is 0 Å². The predicted molar refractivity (Wildman–Crippen MR) is 66.3 cm³/mol. The van der Waals surface area contributed by atoms with Crippen LogP contribution in [0.3, 0.4) is 0 Å². The molecule has 1 aromatic carbocycles. The molecular weight excluding hydrogens is 297 g/mol. The fourth-order valence-electron chi connectivity index (χ4n) is 2.01. The zero-order valence-electron chi connectivity index (χ0n) is 10.3. The quantitative estimate of drug-likeness (QED) is 0.885. The molecule has 0 aromatic heterocycles. The first kappa shape index (κ1) is 15.1. The van der Waals surface area contributed by atoms with Gasteiger partial charge in [-0.3, -0.25) is 4.31 Å². The second-order valence-electron chi connectivity index (χ2n) is 4.38. The van der Waals surface area contributed by atoms with Gasteiger partial charge < -0.3 is 5.11 Å². The molecule has 0 spiro atoms. The van der Waals surface area contributed by atoms with Crippen LogP contribution in [0.4, 0.5) is 18.9 Å². The third-order valence-electron chi connectivity index (χ3n) is 2.92. The number of hydrogen-bond acceptors (Lipinski definition) is 3. The lowest BCUT2D eigenvalue weighted by Gasteiger charge is -2.32. The maximum absolute atomic E-state index is 12.1. The van der Waals surface area contributed by atoms with Crippen molar-refractivity contribution in [1.29, 1.82) is 0 Å². The van der Waals surface area contributed by atoms with Crippen LogP contribution in [0.15, 0.2) is 24.3 Å². The molecule has 0 saturated heterocycles. The molecule has 9 heteroatoms. The third-order valence-corrected chi connectivity index (χ3v) is 4.38. The number of fused-ring (bicyclic) bond motifs is 1. The molecular formula is C11H13F3N2O3S. The minimum Gasteiger partial charge on any atom is -0.388 e. The van der Waals surface area contributed by atoms with Crippen LogP contribution in [0.25, 0.3) is 0 Å². The van der Waals surface area contributed by atoms with Crippen molar-refractivity contribution in [2.24, 2.45) is 0 Å². The van der Waals surface area contributed by atoms with Crippen molar-refractivity contribution >= 4 is 15.9 Å². The highest BCUT2D eigenvalue weighted by atomic mass is 32.2. The Morgan fingerprint density at radius 2 is 2.00 bits per heavy atom. The molecule has 1 aliphatic rings. The monoisotopic (exact) mass is 310 g/mol. The number of nitrogens with zero attached hydrogens (tertiary/aromatic N) is 1. The lowest BCUT2D eigenvalue weighted by atomic mass is 10.0. The van der Waals surface area contributed by atoms with Gasteiger partial charge >= 0.3 is 16.4 Å². The van der Waals surface area contributed by atoms with Gasteiger partial charge in [-0.25, -0.2) is 0 Å². The summed E-state index contributed by atoms with van der Waals surface area (Å²) in [5.74, 6) is 0. The van der Waals surface area contributed by atoms with E-state index in [0.29, 0.717) is 5.56 Å². The Bertz CT molecular complexity index is 589. The van der Waals surface area contributed by atoms with Gasteiger partial charge in [0.15, 0.2) is 0 Å². The number of rotatable bonds is 3. The van der Waals surface area contributed by atoms with Gasteiger partial charge in [-0.15, -0.1) is 0 Å². The van der Waals surface area contributed by atoms with Crippen LogP contribution in [-0.2, 0) is 10.2 Å². The second-order valence-corrected chi connectivity index (χ2v) is 6.06. The maximum atomic E-state index is 12.1. The van der Waals surface area contributed by atoms with Crippen molar-refractivity contribution in [3.63, 3.8) is 0 Å². The highest BCUT2D eigenvalue weighted by molar-refractivity contribution is 7.90. The van der Waals surface area contributed by atoms with Crippen LogP contribution in [0, 0.1) is 0 Å². The number of anilines is 1. The minimum atomic E-state index is -4.62. The van der Waals surface area contributed by atoms with Gasteiger partial charge in [0.1, 0.15) is 6.54 Å². The van der Waals surface area contributed by atoms with E-state index in [0.717, 1.165) is 4.31 Å². The molecule has 1 aliphatic heterocycles. The molecule has 5 nitrogen and oxygen atoms in total. The Morgan fingerprint density at radius 3 is 2.65 bits per heavy atom. The zero-order valence-corrected chi connectivity index (χ0v) is 11.1. The van der Waals surface area contributed by atoms with E-state index in [1.54, 1.807) is 18.2 Å². The molecule has 2 rings (SSSR count). The van der Waals surface area contributed by atoms with E-state index in [2.05, 4.69) is 0 Å². The van der Waals surface area contributed by atoms with Crippen LogP contribution in [0.5, 0.6) is 0 Å². The molecule has 2 N–H and O–H groups in total. The maximum Gasteiger partial charge on any atom is 0.402 e. The first-order valence-corrected chi connectivity index (χ1v) is 7.26. The highest BCUT2D eigenvalue weighted by Gasteiger charge is 2.35. The fraction of sp³-hybridized carbons (Fsp3) is 0.455. The standard InChI is InChI=1S/C11H13F3N2O3S/c12-11(13,14)7-15-20(18,19)16-6-5-10(17)8-3-1-2-4-9(8)16/h1-4,10,15,17H,5-7H2. The third kappa shape index (κ3) is 3.22. The number of halogens is 3. The highest BCUT2D eigenvalue weighted by Crippen LogP contribution is 2.34. The SMILES string of the molecule is O=S(=O)(NCC(F)(F)F)N1CCC(O)c2ccccc21. The molecule has 0 radical (unpaired) electrons. The lowest BCUT2D eigenvalue weighted by molar-refractivity contribution is -0.121. The van der Waals surface area contributed by atoms with Crippen molar-refractivity contribution in [2.75, 3.05) is 17.4 Å². The Balaban J connectivity index is 2.28. The Kier molecular flexibility index (Phi) is 3.94. The van der Waals surface area contributed by atoms with Crippen LogP contribution < -0.4 is 9.03 Å². The molecule has 0 aliphatic carbocycles. The summed E-state index contributed by atoms with van der Waals surface area (Å²) < 4.78 is 62.6.